The standard InChI is InChI=1S/C19H18F3N5O2S2/c1-27-9-11-6-10(8-24-16(11)26-27)13-7-12(19(20,21)22)14-15(23)18(30-17(14)25-13)31(28)5-3-4-29-2/h6-9H,3-5,23H2,1-2H3. The van der Waals surface area contributed by atoms with Crippen molar-refractivity contribution in [2.24, 2.45) is 7.05 Å². The van der Waals surface area contributed by atoms with Gasteiger partial charge in [0.25, 0.3) is 0 Å². The number of rotatable bonds is 6. The molecule has 7 nitrogen and oxygen atoms in total. The second kappa shape index (κ2) is 8.17. The van der Waals surface area contributed by atoms with Gasteiger partial charge in [0.15, 0.2) is 5.65 Å². The van der Waals surface area contributed by atoms with Crippen molar-refractivity contribution in [2.75, 3.05) is 25.2 Å². The lowest BCUT2D eigenvalue weighted by Gasteiger charge is -2.11. The van der Waals surface area contributed by atoms with Gasteiger partial charge in [-0.25, -0.2) is 9.97 Å². The number of thiophene rings is 1. The molecule has 0 fully saturated rings. The van der Waals surface area contributed by atoms with E-state index in [9.17, 15) is 17.4 Å². The molecule has 0 aliphatic heterocycles. The molecule has 4 heterocycles. The van der Waals surface area contributed by atoms with Crippen LogP contribution in [0, 0.1) is 0 Å². The molecular formula is C19H18F3N5O2S2. The van der Waals surface area contributed by atoms with Crippen molar-refractivity contribution in [1.82, 2.24) is 19.7 Å². The third kappa shape index (κ3) is 4.14. The summed E-state index contributed by atoms with van der Waals surface area (Å²) in [4.78, 5) is 8.70. The van der Waals surface area contributed by atoms with E-state index in [4.69, 9.17) is 10.5 Å². The molecule has 164 valence electrons. The Labute approximate surface area is 181 Å². The molecule has 1 atom stereocenters. The maximum absolute atomic E-state index is 13.9. The molecule has 0 amide bonds. The Morgan fingerprint density at radius 1 is 1.32 bits per heavy atom. The van der Waals surface area contributed by atoms with E-state index in [0.29, 0.717) is 29.6 Å². The smallest absolute Gasteiger partial charge is 0.396 e. The molecule has 0 aliphatic rings. The van der Waals surface area contributed by atoms with Crippen molar-refractivity contribution in [2.45, 2.75) is 16.8 Å². The normalized spacial score (nSPS) is 13.3. The van der Waals surface area contributed by atoms with Gasteiger partial charge in [-0.2, -0.15) is 18.3 Å². The summed E-state index contributed by atoms with van der Waals surface area (Å²) in [6.07, 6.45) is -1.01. The van der Waals surface area contributed by atoms with E-state index in [2.05, 4.69) is 15.1 Å². The molecule has 2 N–H and O–H groups in total. The van der Waals surface area contributed by atoms with Gasteiger partial charge >= 0.3 is 6.18 Å². The van der Waals surface area contributed by atoms with Crippen LogP contribution < -0.4 is 5.73 Å². The summed E-state index contributed by atoms with van der Waals surface area (Å²) < 4.78 is 61.1. The zero-order valence-corrected chi connectivity index (χ0v) is 18.2. The summed E-state index contributed by atoms with van der Waals surface area (Å²) in [6, 6.07) is 2.65. The molecule has 0 saturated carbocycles. The highest BCUT2D eigenvalue weighted by molar-refractivity contribution is 7.87. The quantitative estimate of drug-likeness (QED) is 0.429. The molecule has 0 aromatic carbocycles. The van der Waals surface area contributed by atoms with E-state index in [0.717, 1.165) is 17.4 Å². The highest BCUT2D eigenvalue weighted by Gasteiger charge is 2.36. The lowest BCUT2D eigenvalue weighted by molar-refractivity contribution is -0.136. The molecule has 0 saturated heterocycles. The predicted octanol–water partition coefficient (Wildman–Crippen LogP) is 3.99. The van der Waals surface area contributed by atoms with Crippen LogP contribution in [0.3, 0.4) is 0 Å². The molecule has 1 unspecified atom stereocenters. The Morgan fingerprint density at radius 2 is 2.10 bits per heavy atom. The van der Waals surface area contributed by atoms with E-state index in [1.165, 1.54) is 13.3 Å². The Kier molecular flexibility index (Phi) is 5.71. The van der Waals surface area contributed by atoms with Crippen LogP contribution in [0.2, 0.25) is 0 Å². The van der Waals surface area contributed by atoms with E-state index >= 15 is 0 Å². The number of hydrogen-bond donors (Lipinski definition) is 1. The summed E-state index contributed by atoms with van der Waals surface area (Å²) in [5.74, 6) is 0.237. The minimum absolute atomic E-state index is 0.0868. The van der Waals surface area contributed by atoms with Crippen molar-refractivity contribution in [3.8, 4) is 11.3 Å². The first kappa shape index (κ1) is 21.7. The minimum atomic E-state index is -4.66. The number of aromatic nitrogens is 4. The van der Waals surface area contributed by atoms with Crippen molar-refractivity contribution in [3.05, 3.63) is 30.1 Å². The average Bonchev–Trinajstić information content (AvgIpc) is 3.25. The maximum Gasteiger partial charge on any atom is 0.417 e. The third-order valence-corrected chi connectivity index (χ3v) is 7.62. The summed E-state index contributed by atoms with van der Waals surface area (Å²) in [7, 11) is 1.71. The van der Waals surface area contributed by atoms with E-state index in [1.807, 2.05) is 0 Å². The summed E-state index contributed by atoms with van der Waals surface area (Å²) in [5.41, 5.74) is 5.99. The molecule has 0 spiro atoms. The van der Waals surface area contributed by atoms with Gasteiger partial charge in [0.05, 0.1) is 27.7 Å². The lowest BCUT2D eigenvalue weighted by atomic mass is 10.1. The topological polar surface area (TPSA) is 95.9 Å². The van der Waals surface area contributed by atoms with E-state index < -0.39 is 22.5 Å². The summed E-state index contributed by atoms with van der Waals surface area (Å²) in [6.45, 7) is 0.399. The first-order chi connectivity index (χ1) is 14.7. The number of nitrogens with two attached hydrogens (primary N) is 1. The fourth-order valence-corrected chi connectivity index (χ4v) is 5.87. The van der Waals surface area contributed by atoms with Crippen LogP contribution in [0.1, 0.15) is 12.0 Å². The van der Waals surface area contributed by atoms with Crippen LogP contribution >= 0.6 is 11.3 Å². The van der Waals surface area contributed by atoms with Crippen molar-refractivity contribution >= 4 is 49.1 Å². The third-order valence-electron chi connectivity index (χ3n) is 4.62. The number of methoxy groups -OCH3 is 1. The number of pyridine rings is 2. The van der Waals surface area contributed by atoms with E-state index in [-0.39, 0.29) is 31.6 Å². The van der Waals surface area contributed by atoms with Crippen LogP contribution in [0.4, 0.5) is 18.9 Å². The number of aryl methyl sites for hydroxylation is 1. The average molecular weight is 470 g/mol. The van der Waals surface area contributed by atoms with Crippen LogP contribution in [-0.4, -0.2) is 43.4 Å². The summed E-state index contributed by atoms with van der Waals surface area (Å²) >= 11 is 0.923. The van der Waals surface area contributed by atoms with Gasteiger partial charge in [0.2, 0.25) is 0 Å². The van der Waals surface area contributed by atoms with Gasteiger partial charge in [-0.15, -0.1) is 11.3 Å². The molecule has 4 rings (SSSR count). The van der Waals surface area contributed by atoms with Crippen LogP contribution in [0.5, 0.6) is 0 Å². The second-order valence-corrected chi connectivity index (χ2v) is 9.64. The van der Waals surface area contributed by atoms with Gasteiger partial charge in [0.1, 0.15) is 9.04 Å². The first-order valence-electron chi connectivity index (χ1n) is 9.16. The van der Waals surface area contributed by atoms with Crippen molar-refractivity contribution in [1.29, 1.82) is 0 Å². The van der Waals surface area contributed by atoms with Gasteiger partial charge < -0.3 is 10.5 Å². The van der Waals surface area contributed by atoms with Crippen molar-refractivity contribution in [3.63, 3.8) is 0 Å². The number of fused-ring (bicyclic) bond motifs is 2. The highest BCUT2D eigenvalue weighted by atomic mass is 32.2. The van der Waals surface area contributed by atoms with E-state index in [1.54, 1.807) is 24.0 Å². The van der Waals surface area contributed by atoms with Gasteiger partial charge in [-0.3, -0.25) is 8.89 Å². The monoisotopic (exact) mass is 469 g/mol. The Bertz CT molecular complexity index is 1300. The molecule has 0 radical (unpaired) electrons. The number of hydrogen-bond acceptors (Lipinski definition) is 7. The SMILES string of the molecule is COCCCS(=O)c1sc2nc(-c3cnc4nn(C)cc4c3)cc(C(F)(F)F)c2c1N. The zero-order chi connectivity index (χ0) is 22.3. The zero-order valence-electron chi connectivity index (χ0n) is 16.6. The molecule has 4 aromatic rings. The molecule has 12 heteroatoms. The summed E-state index contributed by atoms with van der Waals surface area (Å²) in [5, 5.41) is 4.63. The number of anilines is 1. The van der Waals surface area contributed by atoms with Gasteiger partial charge in [0, 0.05) is 55.2 Å². The predicted molar refractivity (Wildman–Crippen MR) is 114 cm³/mol. The second-order valence-electron chi connectivity index (χ2n) is 6.87. The van der Waals surface area contributed by atoms with Gasteiger partial charge in [-0.1, -0.05) is 0 Å². The number of nitrogens with zero attached hydrogens (tertiary/aromatic N) is 4. The van der Waals surface area contributed by atoms with Crippen LogP contribution in [-0.2, 0) is 28.8 Å². The first-order valence-corrected chi connectivity index (χ1v) is 11.3. The molecule has 4 aromatic heterocycles. The molecule has 0 bridgehead atoms. The highest BCUT2D eigenvalue weighted by Crippen LogP contribution is 2.44. The number of nitrogen functional groups attached to an aromatic ring is 1. The fraction of sp³-hybridized carbons (Fsp3) is 0.316. The van der Waals surface area contributed by atoms with Crippen LogP contribution in [0.25, 0.3) is 32.5 Å². The lowest BCUT2D eigenvalue weighted by Crippen LogP contribution is -2.08. The fourth-order valence-electron chi connectivity index (χ4n) is 3.24. The molecule has 31 heavy (non-hydrogen) atoms. The number of halogens is 3. The number of ether oxygens (including phenoxy) is 1. The van der Waals surface area contributed by atoms with Crippen LogP contribution in [0.15, 0.2) is 28.7 Å². The molecular weight excluding hydrogens is 451 g/mol. The number of alkyl halides is 3. The van der Waals surface area contributed by atoms with Gasteiger partial charge in [-0.05, 0) is 18.6 Å². The maximum atomic E-state index is 13.9. The van der Waals surface area contributed by atoms with Crippen molar-refractivity contribution < 1.29 is 22.1 Å². The Hall–Kier alpha value is -2.57. The Morgan fingerprint density at radius 3 is 2.81 bits per heavy atom. The minimum Gasteiger partial charge on any atom is -0.396 e. The Balaban J connectivity index is 1.86. The molecule has 0 aliphatic carbocycles. The largest absolute Gasteiger partial charge is 0.417 e.